The van der Waals surface area contributed by atoms with Crippen LogP contribution in [-0.2, 0) is 11.3 Å². The normalized spacial score (nSPS) is 20.2. The van der Waals surface area contributed by atoms with Crippen LogP contribution in [0.15, 0.2) is 61.2 Å². The van der Waals surface area contributed by atoms with Crippen molar-refractivity contribution in [1.29, 1.82) is 0 Å². The Labute approximate surface area is 153 Å². The molecule has 1 aliphatic rings. The van der Waals surface area contributed by atoms with Gasteiger partial charge < -0.3 is 14.5 Å². The van der Waals surface area contributed by atoms with Crippen molar-refractivity contribution in [1.82, 2.24) is 14.7 Å². The minimum Gasteiger partial charge on any atom is -0.371 e. The van der Waals surface area contributed by atoms with Crippen LogP contribution >= 0.6 is 0 Å². The molecule has 0 aliphatic heterocycles. The topological polar surface area (TPSA) is 55.6 Å². The van der Waals surface area contributed by atoms with Gasteiger partial charge in [0.2, 0.25) is 0 Å². The second-order valence-electron chi connectivity index (χ2n) is 6.84. The van der Waals surface area contributed by atoms with E-state index in [4.69, 9.17) is 4.74 Å². The van der Waals surface area contributed by atoms with Crippen molar-refractivity contribution in [2.24, 2.45) is 0 Å². The highest BCUT2D eigenvalue weighted by atomic mass is 16.5. The van der Waals surface area contributed by atoms with Crippen molar-refractivity contribution < 1.29 is 9.53 Å². The molecular formula is C21H23N3O2. The molecule has 1 amide bonds. The minimum absolute atomic E-state index is 0.0473. The number of carbonyl (C=O) groups excluding carboxylic acids is 1. The van der Waals surface area contributed by atoms with E-state index < -0.39 is 0 Å². The summed E-state index contributed by atoms with van der Waals surface area (Å²) in [5, 5.41) is 3.18. The highest BCUT2D eigenvalue weighted by Crippen LogP contribution is 2.23. The number of aromatic nitrogens is 2. The fourth-order valence-corrected chi connectivity index (χ4v) is 3.55. The van der Waals surface area contributed by atoms with Crippen LogP contribution in [0, 0.1) is 0 Å². The highest BCUT2D eigenvalue weighted by Gasteiger charge is 2.27. The molecule has 1 fully saturated rings. The molecule has 1 N–H and O–H groups in total. The van der Waals surface area contributed by atoms with Gasteiger partial charge in [0.1, 0.15) is 0 Å². The van der Waals surface area contributed by atoms with Crippen LogP contribution in [0.1, 0.15) is 41.6 Å². The molecule has 134 valence electrons. The summed E-state index contributed by atoms with van der Waals surface area (Å²) in [7, 11) is 0. The third-order valence-corrected chi connectivity index (χ3v) is 5.00. The second kappa shape index (κ2) is 7.70. The smallest absolute Gasteiger partial charge is 0.251 e. The van der Waals surface area contributed by atoms with E-state index in [0.29, 0.717) is 12.2 Å². The SMILES string of the molecule is O=C(NC1CCCCC1OCc1ccccc1)c1ccn2cncc2c1. The number of benzene rings is 1. The Morgan fingerprint density at radius 1 is 1.19 bits per heavy atom. The number of amides is 1. The van der Waals surface area contributed by atoms with E-state index in [1.165, 1.54) is 0 Å². The van der Waals surface area contributed by atoms with E-state index in [0.717, 1.165) is 36.8 Å². The molecule has 2 heterocycles. The zero-order valence-electron chi connectivity index (χ0n) is 14.7. The van der Waals surface area contributed by atoms with Crippen LogP contribution in [0.2, 0.25) is 0 Å². The van der Waals surface area contributed by atoms with Gasteiger partial charge in [0.15, 0.2) is 0 Å². The Balaban J connectivity index is 1.41. The summed E-state index contributed by atoms with van der Waals surface area (Å²) >= 11 is 0. The third-order valence-electron chi connectivity index (χ3n) is 5.00. The number of nitrogens with one attached hydrogen (secondary N) is 1. The zero-order valence-corrected chi connectivity index (χ0v) is 14.7. The van der Waals surface area contributed by atoms with E-state index in [1.807, 2.05) is 40.9 Å². The van der Waals surface area contributed by atoms with Crippen LogP contribution in [-0.4, -0.2) is 27.4 Å². The first kappa shape index (κ1) is 16.8. The van der Waals surface area contributed by atoms with E-state index in [1.54, 1.807) is 12.5 Å². The lowest BCUT2D eigenvalue weighted by Crippen LogP contribution is -2.46. The van der Waals surface area contributed by atoms with E-state index >= 15 is 0 Å². The molecule has 4 rings (SSSR count). The molecule has 3 aromatic rings. The molecule has 5 nitrogen and oxygen atoms in total. The Bertz CT molecular complexity index is 875. The maximum absolute atomic E-state index is 12.7. The van der Waals surface area contributed by atoms with Gasteiger partial charge in [-0.1, -0.05) is 43.2 Å². The van der Waals surface area contributed by atoms with Crippen molar-refractivity contribution in [3.63, 3.8) is 0 Å². The van der Waals surface area contributed by atoms with Gasteiger partial charge in [0.25, 0.3) is 5.91 Å². The Hall–Kier alpha value is -2.66. The summed E-state index contributed by atoms with van der Waals surface area (Å²) in [6.07, 6.45) is 9.62. The van der Waals surface area contributed by atoms with Gasteiger partial charge in [-0.3, -0.25) is 4.79 Å². The molecule has 2 atom stereocenters. The van der Waals surface area contributed by atoms with Gasteiger partial charge in [0.05, 0.1) is 36.8 Å². The van der Waals surface area contributed by atoms with Gasteiger partial charge in [-0.25, -0.2) is 4.98 Å². The fraction of sp³-hybridized carbons (Fsp3) is 0.333. The number of rotatable bonds is 5. The number of hydrogen-bond acceptors (Lipinski definition) is 3. The number of nitrogens with zero attached hydrogens (tertiary/aromatic N) is 2. The van der Waals surface area contributed by atoms with E-state index in [-0.39, 0.29) is 18.1 Å². The maximum atomic E-state index is 12.7. The quantitative estimate of drug-likeness (QED) is 0.766. The molecule has 1 saturated carbocycles. The number of ether oxygens (including phenoxy) is 1. The first-order valence-corrected chi connectivity index (χ1v) is 9.18. The summed E-state index contributed by atoms with van der Waals surface area (Å²) in [6, 6.07) is 13.9. The predicted molar refractivity (Wildman–Crippen MR) is 99.9 cm³/mol. The Morgan fingerprint density at radius 2 is 2.04 bits per heavy atom. The number of pyridine rings is 1. The molecular weight excluding hydrogens is 326 g/mol. The minimum atomic E-state index is -0.0473. The van der Waals surface area contributed by atoms with Gasteiger partial charge in [0, 0.05) is 11.8 Å². The monoisotopic (exact) mass is 349 g/mol. The van der Waals surface area contributed by atoms with Gasteiger partial charge in [-0.15, -0.1) is 0 Å². The van der Waals surface area contributed by atoms with E-state index in [2.05, 4.69) is 22.4 Å². The summed E-state index contributed by atoms with van der Waals surface area (Å²) in [6.45, 7) is 0.583. The first-order valence-electron chi connectivity index (χ1n) is 9.18. The molecule has 1 aliphatic carbocycles. The third kappa shape index (κ3) is 3.78. The lowest BCUT2D eigenvalue weighted by atomic mass is 9.92. The van der Waals surface area contributed by atoms with E-state index in [9.17, 15) is 4.79 Å². The molecule has 0 bridgehead atoms. The number of fused-ring (bicyclic) bond motifs is 1. The van der Waals surface area contributed by atoms with Gasteiger partial charge in [-0.05, 0) is 30.5 Å². The maximum Gasteiger partial charge on any atom is 0.251 e. The Kier molecular flexibility index (Phi) is 4.97. The molecule has 0 saturated heterocycles. The summed E-state index contributed by atoms with van der Waals surface area (Å²) < 4.78 is 8.04. The summed E-state index contributed by atoms with van der Waals surface area (Å²) in [5.74, 6) is -0.0473. The number of imidazole rings is 1. The van der Waals surface area contributed by atoms with Crippen LogP contribution < -0.4 is 5.32 Å². The lowest BCUT2D eigenvalue weighted by Gasteiger charge is -2.32. The van der Waals surface area contributed by atoms with Crippen molar-refractivity contribution in [2.45, 2.75) is 44.4 Å². The molecule has 2 aromatic heterocycles. The van der Waals surface area contributed by atoms with Crippen LogP contribution in [0.3, 0.4) is 0 Å². The standard InChI is InChI=1S/C21H23N3O2/c25-21(17-10-11-24-15-22-13-18(24)12-17)23-19-8-4-5-9-20(19)26-14-16-6-2-1-3-7-16/h1-3,6-7,10-13,15,19-20H,4-5,8-9,14H2,(H,23,25). The van der Waals surface area contributed by atoms with Crippen LogP contribution in [0.5, 0.6) is 0 Å². The van der Waals surface area contributed by atoms with Crippen LogP contribution in [0.4, 0.5) is 0 Å². The summed E-state index contributed by atoms with van der Waals surface area (Å²) in [5.41, 5.74) is 2.73. The largest absolute Gasteiger partial charge is 0.371 e. The number of carbonyl (C=O) groups is 1. The summed E-state index contributed by atoms with van der Waals surface area (Å²) in [4.78, 5) is 16.8. The van der Waals surface area contributed by atoms with Gasteiger partial charge in [-0.2, -0.15) is 0 Å². The van der Waals surface area contributed by atoms with Crippen molar-refractivity contribution in [3.8, 4) is 0 Å². The average molecular weight is 349 g/mol. The molecule has 0 radical (unpaired) electrons. The van der Waals surface area contributed by atoms with Gasteiger partial charge >= 0.3 is 0 Å². The highest BCUT2D eigenvalue weighted by molar-refractivity contribution is 5.95. The molecule has 2 unspecified atom stereocenters. The van der Waals surface area contributed by atoms with Crippen molar-refractivity contribution in [3.05, 3.63) is 72.3 Å². The molecule has 1 aromatic carbocycles. The van der Waals surface area contributed by atoms with Crippen molar-refractivity contribution >= 4 is 11.4 Å². The first-order chi connectivity index (χ1) is 12.8. The average Bonchev–Trinajstić information content (AvgIpc) is 3.16. The molecule has 26 heavy (non-hydrogen) atoms. The fourth-order valence-electron chi connectivity index (χ4n) is 3.55. The Morgan fingerprint density at radius 3 is 2.92 bits per heavy atom. The van der Waals surface area contributed by atoms with Crippen LogP contribution in [0.25, 0.3) is 5.52 Å². The lowest BCUT2D eigenvalue weighted by molar-refractivity contribution is -0.00461. The molecule has 0 spiro atoms. The second-order valence-corrected chi connectivity index (χ2v) is 6.84. The number of hydrogen-bond donors (Lipinski definition) is 1. The van der Waals surface area contributed by atoms with Crippen molar-refractivity contribution in [2.75, 3.05) is 0 Å². The predicted octanol–water partition coefficient (Wildman–Crippen LogP) is 3.59. The zero-order chi connectivity index (χ0) is 17.8. The molecule has 5 heteroatoms.